The molecule has 0 aromatic heterocycles. The number of rotatable bonds is 3. The van der Waals surface area contributed by atoms with Crippen molar-refractivity contribution >= 4 is 11.6 Å². The third-order valence-corrected chi connectivity index (χ3v) is 2.84. The lowest BCUT2D eigenvalue weighted by Gasteiger charge is -2.16. The molecule has 2 N–H and O–H groups in total. The van der Waals surface area contributed by atoms with Gasteiger partial charge in [-0.15, -0.1) is 0 Å². The number of fused-ring (bicyclic) bond motifs is 1. The Balaban J connectivity index is 2.43. The van der Waals surface area contributed by atoms with Gasteiger partial charge in [0.05, 0.1) is 7.11 Å². The summed E-state index contributed by atoms with van der Waals surface area (Å²) in [6.45, 7) is 2.76. The fourth-order valence-electron chi connectivity index (χ4n) is 2.03. The number of ether oxygens (including phenoxy) is 1. The van der Waals surface area contributed by atoms with E-state index in [0.29, 0.717) is 6.54 Å². The first-order valence-electron chi connectivity index (χ1n) is 5.44. The number of nitrogens with two attached hydrogens (primary N) is 1. The Labute approximate surface area is 95.0 Å². The van der Waals surface area contributed by atoms with E-state index in [9.17, 15) is 4.79 Å². The normalized spacial score (nSPS) is 18.8. The van der Waals surface area contributed by atoms with Gasteiger partial charge in [-0.25, -0.2) is 0 Å². The van der Waals surface area contributed by atoms with Crippen LogP contribution in [0.2, 0.25) is 0 Å². The number of amides is 1. The lowest BCUT2D eigenvalue weighted by atomic mass is 10.1. The van der Waals surface area contributed by atoms with Gasteiger partial charge in [-0.3, -0.25) is 4.79 Å². The molecular weight excluding hydrogens is 204 g/mol. The fourth-order valence-corrected chi connectivity index (χ4v) is 2.03. The van der Waals surface area contributed by atoms with Gasteiger partial charge in [0, 0.05) is 17.8 Å². The summed E-state index contributed by atoms with van der Waals surface area (Å²) in [5, 5.41) is 0. The average molecular weight is 220 g/mol. The predicted molar refractivity (Wildman–Crippen MR) is 62.6 cm³/mol. The molecule has 1 atom stereocenters. The summed E-state index contributed by atoms with van der Waals surface area (Å²) in [5.41, 5.74) is 7.66. The molecule has 4 heteroatoms. The number of carbonyl (C=O) groups is 1. The second-order valence-corrected chi connectivity index (χ2v) is 3.89. The molecule has 0 saturated heterocycles. The Kier molecular flexibility index (Phi) is 2.83. The maximum atomic E-state index is 11.9. The van der Waals surface area contributed by atoms with Crippen molar-refractivity contribution in [2.24, 2.45) is 5.73 Å². The van der Waals surface area contributed by atoms with Crippen LogP contribution in [0, 0.1) is 0 Å². The minimum absolute atomic E-state index is 0.0231. The minimum atomic E-state index is -0.545. The zero-order valence-electron chi connectivity index (χ0n) is 9.56. The van der Waals surface area contributed by atoms with E-state index in [1.54, 1.807) is 12.0 Å². The van der Waals surface area contributed by atoms with Gasteiger partial charge in [-0.1, -0.05) is 6.92 Å². The van der Waals surface area contributed by atoms with Gasteiger partial charge >= 0.3 is 0 Å². The van der Waals surface area contributed by atoms with Crippen LogP contribution < -0.4 is 15.4 Å². The van der Waals surface area contributed by atoms with Crippen molar-refractivity contribution in [3.05, 3.63) is 23.8 Å². The Morgan fingerprint density at radius 2 is 2.25 bits per heavy atom. The van der Waals surface area contributed by atoms with Gasteiger partial charge in [0.2, 0.25) is 5.91 Å². The molecule has 86 valence electrons. The van der Waals surface area contributed by atoms with Crippen LogP contribution in [0.3, 0.4) is 0 Å². The fraction of sp³-hybridized carbons (Fsp3) is 0.417. The standard InChI is InChI=1S/C12H16N2O2/c1-3-6-14-10-5-4-8(16-2)7-9(10)11(13)12(14)15/h4-5,7,11H,3,6,13H2,1-2H3. The van der Waals surface area contributed by atoms with Crippen LogP contribution >= 0.6 is 0 Å². The number of hydrogen-bond donors (Lipinski definition) is 1. The monoisotopic (exact) mass is 220 g/mol. The van der Waals surface area contributed by atoms with Gasteiger partial charge in [-0.05, 0) is 24.6 Å². The second kappa shape index (κ2) is 4.14. The first-order valence-corrected chi connectivity index (χ1v) is 5.44. The molecule has 1 aliphatic heterocycles. The molecule has 1 aliphatic rings. The molecule has 0 saturated carbocycles. The first kappa shape index (κ1) is 11.0. The summed E-state index contributed by atoms with van der Waals surface area (Å²) >= 11 is 0. The van der Waals surface area contributed by atoms with E-state index in [0.717, 1.165) is 23.4 Å². The lowest BCUT2D eigenvalue weighted by Crippen LogP contribution is -2.32. The van der Waals surface area contributed by atoms with Crippen LogP contribution in [0.15, 0.2) is 18.2 Å². The molecule has 1 unspecified atom stereocenters. The molecular formula is C12H16N2O2. The summed E-state index contributed by atoms with van der Waals surface area (Å²) in [4.78, 5) is 13.7. The number of benzene rings is 1. The molecule has 1 heterocycles. The van der Waals surface area contributed by atoms with Crippen molar-refractivity contribution in [1.29, 1.82) is 0 Å². The van der Waals surface area contributed by atoms with Crippen LogP contribution in [0.4, 0.5) is 5.69 Å². The summed E-state index contributed by atoms with van der Waals surface area (Å²) < 4.78 is 5.13. The van der Waals surface area contributed by atoms with Crippen molar-refractivity contribution in [3.63, 3.8) is 0 Å². The molecule has 0 fully saturated rings. The van der Waals surface area contributed by atoms with Crippen LogP contribution in [0.25, 0.3) is 0 Å². The number of hydrogen-bond acceptors (Lipinski definition) is 3. The number of nitrogens with zero attached hydrogens (tertiary/aromatic N) is 1. The first-order chi connectivity index (χ1) is 7.69. The Bertz CT molecular complexity index is 417. The molecule has 1 aromatic rings. The van der Waals surface area contributed by atoms with Crippen LogP contribution in [0.5, 0.6) is 5.75 Å². The van der Waals surface area contributed by atoms with Crippen LogP contribution in [-0.4, -0.2) is 19.6 Å². The highest BCUT2D eigenvalue weighted by Crippen LogP contribution is 2.36. The van der Waals surface area contributed by atoms with Crippen molar-refractivity contribution in [1.82, 2.24) is 0 Å². The number of methoxy groups -OCH3 is 1. The second-order valence-electron chi connectivity index (χ2n) is 3.89. The van der Waals surface area contributed by atoms with E-state index < -0.39 is 6.04 Å². The number of anilines is 1. The van der Waals surface area contributed by atoms with Gasteiger partial charge < -0.3 is 15.4 Å². The zero-order chi connectivity index (χ0) is 11.7. The van der Waals surface area contributed by atoms with E-state index in [1.165, 1.54) is 0 Å². The molecule has 2 rings (SSSR count). The topological polar surface area (TPSA) is 55.6 Å². The van der Waals surface area contributed by atoms with Gasteiger partial charge in [-0.2, -0.15) is 0 Å². The number of carbonyl (C=O) groups excluding carboxylic acids is 1. The van der Waals surface area contributed by atoms with E-state index in [1.807, 2.05) is 25.1 Å². The summed E-state index contributed by atoms with van der Waals surface area (Å²) in [5.74, 6) is 0.713. The summed E-state index contributed by atoms with van der Waals surface area (Å²) in [6.07, 6.45) is 0.921. The summed E-state index contributed by atoms with van der Waals surface area (Å²) in [7, 11) is 1.60. The maximum Gasteiger partial charge on any atom is 0.248 e. The highest BCUT2D eigenvalue weighted by Gasteiger charge is 2.34. The maximum absolute atomic E-state index is 11.9. The molecule has 0 radical (unpaired) electrons. The molecule has 4 nitrogen and oxygen atoms in total. The molecule has 1 aromatic carbocycles. The zero-order valence-corrected chi connectivity index (χ0v) is 9.56. The highest BCUT2D eigenvalue weighted by molar-refractivity contribution is 6.04. The SMILES string of the molecule is CCCN1C(=O)C(N)c2cc(OC)ccc21. The largest absolute Gasteiger partial charge is 0.497 e. The third-order valence-electron chi connectivity index (χ3n) is 2.84. The quantitative estimate of drug-likeness (QED) is 0.838. The Morgan fingerprint density at radius 1 is 1.50 bits per heavy atom. The van der Waals surface area contributed by atoms with Crippen molar-refractivity contribution in [2.45, 2.75) is 19.4 Å². The molecule has 16 heavy (non-hydrogen) atoms. The van der Waals surface area contributed by atoms with Crippen LogP contribution in [-0.2, 0) is 4.79 Å². The molecule has 1 amide bonds. The van der Waals surface area contributed by atoms with Gasteiger partial charge in [0.15, 0.2) is 0 Å². The minimum Gasteiger partial charge on any atom is -0.497 e. The highest BCUT2D eigenvalue weighted by atomic mass is 16.5. The van der Waals surface area contributed by atoms with Crippen molar-refractivity contribution in [3.8, 4) is 5.75 Å². The average Bonchev–Trinajstić information content (AvgIpc) is 2.54. The molecule has 0 spiro atoms. The Hall–Kier alpha value is -1.55. The molecule has 0 bridgehead atoms. The summed E-state index contributed by atoms with van der Waals surface area (Å²) in [6, 6.07) is 5.05. The van der Waals surface area contributed by atoms with E-state index >= 15 is 0 Å². The smallest absolute Gasteiger partial charge is 0.248 e. The van der Waals surface area contributed by atoms with Crippen molar-refractivity contribution < 1.29 is 9.53 Å². The van der Waals surface area contributed by atoms with Gasteiger partial charge in [0.1, 0.15) is 11.8 Å². The van der Waals surface area contributed by atoms with E-state index in [4.69, 9.17) is 10.5 Å². The molecule has 0 aliphatic carbocycles. The van der Waals surface area contributed by atoms with E-state index in [2.05, 4.69) is 0 Å². The van der Waals surface area contributed by atoms with Crippen LogP contribution in [0.1, 0.15) is 24.9 Å². The lowest BCUT2D eigenvalue weighted by molar-refractivity contribution is -0.119. The Morgan fingerprint density at radius 3 is 2.88 bits per heavy atom. The van der Waals surface area contributed by atoms with Gasteiger partial charge in [0.25, 0.3) is 0 Å². The van der Waals surface area contributed by atoms with E-state index in [-0.39, 0.29) is 5.91 Å². The predicted octanol–water partition coefficient (Wildman–Crippen LogP) is 1.45. The third kappa shape index (κ3) is 1.55. The van der Waals surface area contributed by atoms with Crippen molar-refractivity contribution in [2.75, 3.05) is 18.6 Å².